The van der Waals surface area contributed by atoms with E-state index in [1.54, 1.807) is 33.4 Å². The summed E-state index contributed by atoms with van der Waals surface area (Å²) >= 11 is 0. The topological polar surface area (TPSA) is 44.7 Å². The third-order valence-corrected chi connectivity index (χ3v) is 16.6. The van der Waals surface area contributed by atoms with Gasteiger partial charge in [0.25, 0.3) is 6.33 Å². The summed E-state index contributed by atoms with van der Waals surface area (Å²) < 4.78 is 105. The number of rotatable bonds is 7. The Bertz CT molecular complexity index is 6350. The van der Waals surface area contributed by atoms with Crippen molar-refractivity contribution in [2.45, 2.75) is 0 Å². The Morgan fingerprint density at radius 1 is 0.407 bits per heavy atom. The number of nitrogens with zero attached hydrogens (tertiary/aromatic N) is 6. The molecule has 6 heterocycles. The number of pyridine rings is 1. The first-order valence-corrected chi connectivity index (χ1v) is 27.9. The Morgan fingerprint density at radius 2 is 0.907 bits per heavy atom. The molecule has 0 aliphatic rings. The van der Waals surface area contributed by atoms with E-state index in [-0.39, 0.29) is 49.0 Å². The molecule has 6 aromatic heterocycles. The van der Waals surface area contributed by atoms with Crippen molar-refractivity contribution in [1.29, 1.82) is 0 Å². The third kappa shape index (κ3) is 7.45. The summed E-state index contributed by atoms with van der Waals surface area (Å²) in [4.78, 5) is 5.44. The zero-order valence-corrected chi connectivity index (χ0v) is 47.5. The van der Waals surface area contributed by atoms with E-state index in [4.69, 9.17) is 23.4 Å². The van der Waals surface area contributed by atoms with Gasteiger partial charge < -0.3 is 22.7 Å². The SMILES string of the molecule is [2H]c1c([2H])c([2H])c(-c2cccc(-c3c([2H])c([2H])c([2H])c([2H])c3[2H])c2-n2[c-][n+](-c3[c-]c(Oc4[c-]c5c(cc4)c4ccccc4n5-c4cc5c(cn4)c4ccccc4n4c6ccccc6c6cccc(c64)n4c6ccccc6c6cccc5c64)ccc3)c3ccccc32)c([2H])c1[2H].[Pt]. The molecule has 0 amide bonds. The van der Waals surface area contributed by atoms with E-state index in [0.29, 0.717) is 34.0 Å². The molecule has 0 radical (unpaired) electrons. The zero-order chi connectivity index (χ0) is 64.4. The van der Waals surface area contributed by atoms with Crippen molar-refractivity contribution in [3.63, 3.8) is 0 Å². The smallest absolute Gasteiger partial charge is 0.268 e. The molecule has 406 valence electrons. The van der Waals surface area contributed by atoms with Gasteiger partial charge in [-0.2, -0.15) is 18.2 Å². The maximum absolute atomic E-state index is 9.14. The molecule has 0 unspecified atom stereocenters. The molecule has 18 aromatic rings. The number of aromatic nitrogens is 6. The van der Waals surface area contributed by atoms with Crippen molar-refractivity contribution in [3.05, 3.63) is 297 Å². The Morgan fingerprint density at radius 3 is 1.58 bits per heavy atom. The van der Waals surface area contributed by atoms with Crippen LogP contribution < -0.4 is 9.30 Å². The van der Waals surface area contributed by atoms with Gasteiger partial charge in [0.1, 0.15) is 5.82 Å². The summed E-state index contributed by atoms with van der Waals surface area (Å²) in [6, 6.07) is 72.9. The second-order valence-electron chi connectivity index (χ2n) is 21.1. The minimum atomic E-state index is -0.580. The quantitative estimate of drug-likeness (QED) is 0.118. The molecular formula is C78H46N6OPt-2. The fraction of sp³-hybridized carbons (Fsp3) is 0. The fourth-order valence-corrected chi connectivity index (χ4v) is 13.1. The molecular weight excluding hydrogens is 1230 g/mol. The molecule has 8 heteroatoms. The average Bonchev–Trinajstić information content (AvgIpc) is 1.54. The van der Waals surface area contributed by atoms with Crippen LogP contribution >= 0.6 is 0 Å². The van der Waals surface area contributed by atoms with Crippen molar-refractivity contribution in [1.82, 2.24) is 22.9 Å². The van der Waals surface area contributed by atoms with Crippen molar-refractivity contribution < 1.29 is 44.1 Å². The number of imidazole rings is 1. The van der Waals surface area contributed by atoms with Crippen LogP contribution in [-0.2, 0) is 21.1 Å². The number of hydrogen-bond donors (Lipinski definition) is 0. The number of fused-ring (bicyclic) bond motifs is 16. The zero-order valence-electron chi connectivity index (χ0n) is 55.2. The second kappa shape index (κ2) is 19.6. The molecule has 0 aliphatic carbocycles. The van der Waals surface area contributed by atoms with Crippen molar-refractivity contribution in [2.24, 2.45) is 0 Å². The van der Waals surface area contributed by atoms with Crippen molar-refractivity contribution in [2.75, 3.05) is 0 Å². The van der Waals surface area contributed by atoms with Gasteiger partial charge in [0, 0.05) is 82.0 Å². The number of para-hydroxylation sites is 9. The molecule has 12 aromatic carbocycles. The van der Waals surface area contributed by atoms with Gasteiger partial charge in [-0.25, -0.2) is 4.98 Å². The molecule has 0 aliphatic heterocycles. The monoisotopic (exact) mass is 1290 g/mol. The summed E-state index contributed by atoms with van der Waals surface area (Å²) in [5.74, 6) is 1.40. The molecule has 0 atom stereocenters. The van der Waals surface area contributed by atoms with Crippen LogP contribution in [0.5, 0.6) is 11.5 Å². The first-order valence-electron chi connectivity index (χ1n) is 32.9. The summed E-state index contributed by atoms with van der Waals surface area (Å²) in [6.45, 7) is 0. The standard InChI is InChI=1S/C78H46N6O.Pt/c1-3-21-50(22-4-1)55-31-18-32-56(51-23-5-2-6-24-51)76(55)81-49-80(71-40-15-16-41-72(71)81)52-25-17-26-53(45-52)85-54-43-44-61-57-27-7-11-36-67(57)82(74(61)46-54)75-47-65-64-34-19-33-62-58-28-8-13-38-69(58)84(77(62)64)73-42-20-35-63-59-29-9-12-37-68(59)83(78(63)73)70-39-14-10-30-60(70)66(65)48-79-75;/h1-44,47-48H;/q-2;/i1D,2D,3D,4D,5D,6D,21D,22D,23D,24D;. The molecule has 0 bridgehead atoms. The Kier molecular flexibility index (Phi) is 9.22. The Balaban J connectivity index is 0.00000697. The first kappa shape index (κ1) is 40.4. The van der Waals surface area contributed by atoms with Gasteiger partial charge >= 0.3 is 0 Å². The molecule has 18 rings (SSSR count). The molecule has 0 saturated carbocycles. The van der Waals surface area contributed by atoms with Gasteiger partial charge in [-0.1, -0.05) is 212 Å². The predicted octanol–water partition coefficient (Wildman–Crippen LogP) is 18.9. The maximum Gasteiger partial charge on any atom is 0.268 e. The van der Waals surface area contributed by atoms with E-state index < -0.39 is 60.4 Å². The molecule has 7 nitrogen and oxygen atoms in total. The summed E-state index contributed by atoms with van der Waals surface area (Å²) in [6.07, 6.45) is 5.47. The molecule has 0 spiro atoms. The maximum atomic E-state index is 9.14. The predicted molar refractivity (Wildman–Crippen MR) is 347 cm³/mol. The fourth-order valence-electron chi connectivity index (χ4n) is 13.1. The normalized spacial score (nSPS) is 13.5. The average molecular weight is 1290 g/mol. The van der Waals surface area contributed by atoms with Crippen LogP contribution in [0.3, 0.4) is 0 Å². The minimum absolute atomic E-state index is 0. The summed E-state index contributed by atoms with van der Waals surface area (Å²) in [5, 5.41) is 10.6. The van der Waals surface area contributed by atoms with Gasteiger partial charge in [0.05, 0.1) is 63.5 Å². The number of ether oxygens (including phenoxy) is 1. The Hall–Kier alpha value is -10.9. The van der Waals surface area contributed by atoms with Gasteiger partial charge in [-0.15, -0.1) is 29.7 Å². The van der Waals surface area contributed by atoms with Gasteiger partial charge in [-0.3, -0.25) is 4.57 Å². The van der Waals surface area contributed by atoms with E-state index in [0.717, 1.165) is 98.0 Å². The van der Waals surface area contributed by atoms with Crippen LogP contribution in [0.1, 0.15) is 13.7 Å². The first-order chi connectivity index (χ1) is 46.3. The molecule has 0 fully saturated rings. The summed E-state index contributed by atoms with van der Waals surface area (Å²) in [5.41, 5.74) is 9.86. The van der Waals surface area contributed by atoms with Crippen molar-refractivity contribution in [3.8, 4) is 50.9 Å². The van der Waals surface area contributed by atoms with Crippen molar-refractivity contribution >= 4 is 109 Å². The van der Waals surface area contributed by atoms with E-state index in [2.05, 4.69) is 159 Å². The van der Waals surface area contributed by atoms with Gasteiger partial charge in [-0.05, 0) is 75.1 Å². The molecule has 0 saturated heterocycles. The largest absolute Gasteiger partial charge is 0.510 e. The molecule has 86 heavy (non-hydrogen) atoms. The van der Waals surface area contributed by atoms with E-state index in [1.807, 2.05) is 66.9 Å². The minimum Gasteiger partial charge on any atom is -0.510 e. The number of hydrogen-bond acceptors (Lipinski definition) is 2. The van der Waals surface area contributed by atoms with Crippen LogP contribution in [0.25, 0.3) is 148 Å². The van der Waals surface area contributed by atoms with Crippen LogP contribution in [0.4, 0.5) is 0 Å². The number of benzene rings is 12. The van der Waals surface area contributed by atoms with Crippen LogP contribution in [0.15, 0.2) is 279 Å². The Labute approximate surface area is 521 Å². The third-order valence-electron chi connectivity index (χ3n) is 16.6. The summed E-state index contributed by atoms with van der Waals surface area (Å²) in [7, 11) is 0. The van der Waals surface area contributed by atoms with E-state index in [9.17, 15) is 0 Å². The van der Waals surface area contributed by atoms with Crippen LogP contribution in [-0.4, -0.2) is 22.9 Å². The van der Waals surface area contributed by atoms with Crippen LogP contribution in [0.2, 0.25) is 0 Å². The molecule has 0 N–H and O–H groups in total. The van der Waals surface area contributed by atoms with Gasteiger partial charge in [0.15, 0.2) is 0 Å². The van der Waals surface area contributed by atoms with E-state index in [1.165, 1.54) is 0 Å². The van der Waals surface area contributed by atoms with Gasteiger partial charge in [0.2, 0.25) is 0 Å². The van der Waals surface area contributed by atoms with Crippen LogP contribution in [0, 0.1) is 18.5 Å². The second-order valence-corrected chi connectivity index (χ2v) is 21.1. The van der Waals surface area contributed by atoms with E-state index >= 15 is 0 Å².